The number of rotatable bonds is 3. The Morgan fingerprint density at radius 3 is 2.73 bits per heavy atom. The molecule has 0 N–H and O–H groups in total. The van der Waals surface area contributed by atoms with Crippen LogP contribution in [0.5, 0.6) is 0 Å². The van der Waals surface area contributed by atoms with Gasteiger partial charge in [0.15, 0.2) is 0 Å². The molecule has 1 atom stereocenters. The summed E-state index contributed by atoms with van der Waals surface area (Å²) in [7, 11) is 0. The Kier molecular flexibility index (Phi) is 4.90. The summed E-state index contributed by atoms with van der Waals surface area (Å²) >= 11 is 14.9. The van der Waals surface area contributed by atoms with Crippen molar-refractivity contribution in [3.8, 4) is 0 Å². The van der Waals surface area contributed by atoms with Crippen molar-refractivity contribution in [3.05, 3.63) is 33.8 Å². The van der Waals surface area contributed by atoms with Crippen LogP contribution in [-0.2, 0) is 9.53 Å². The lowest BCUT2D eigenvalue weighted by atomic mass is 10.1. The van der Waals surface area contributed by atoms with E-state index in [-0.39, 0.29) is 5.97 Å². The average molecular weight is 312 g/mol. The van der Waals surface area contributed by atoms with Gasteiger partial charge in [0.2, 0.25) is 0 Å². The molecule has 0 unspecified atom stereocenters. The second-order valence-electron chi connectivity index (χ2n) is 2.78. The summed E-state index contributed by atoms with van der Waals surface area (Å²) in [4.78, 5) is 10.9. The summed E-state index contributed by atoms with van der Waals surface area (Å²) in [6.07, 6.45) is 0. The monoisotopic (exact) mass is 310 g/mol. The summed E-state index contributed by atoms with van der Waals surface area (Å²) in [6.45, 7) is 2.09. The van der Waals surface area contributed by atoms with Crippen LogP contribution >= 0.6 is 39.1 Å². The molecule has 1 aromatic carbocycles. The molecule has 0 amide bonds. The highest BCUT2D eigenvalue weighted by atomic mass is 79.9. The van der Waals surface area contributed by atoms with Gasteiger partial charge in [0.1, 0.15) is 4.83 Å². The molecule has 15 heavy (non-hydrogen) atoms. The zero-order chi connectivity index (χ0) is 11.4. The Balaban J connectivity index is 2.91. The Bertz CT molecular complexity index is 368. The molecular formula is C10H9BrCl2O2. The third-order valence-electron chi connectivity index (χ3n) is 1.73. The molecule has 0 aliphatic rings. The molecule has 0 radical (unpaired) electrons. The van der Waals surface area contributed by atoms with Gasteiger partial charge in [-0.15, -0.1) is 0 Å². The predicted octanol–water partition coefficient (Wildman–Crippen LogP) is 3.99. The van der Waals surface area contributed by atoms with Crippen molar-refractivity contribution >= 4 is 45.1 Å². The van der Waals surface area contributed by atoms with Crippen LogP contribution in [0.3, 0.4) is 0 Å². The van der Waals surface area contributed by atoms with Gasteiger partial charge in [0.05, 0.1) is 6.61 Å². The second kappa shape index (κ2) is 5.73. The number of hydrogen-bond donors (Lipinski definition) is 0. The predicted molar refractivity (Wildman–Crippen MR) is 64.8 cm³/mol. The summed E-state index contributed by atoms with van der Waals surface area (Å²) in [5, 5.41) is 0.977. The molecule has 2 nitrogen and oxygen atoms in total. The molecule has 0 fully saturated rings. The molecule has 0 aromatic heterocycles. The van der Waals surface area contributed by atoms with Crippen molar-refractivity contribution in [1.29, 1.82) is 0 Å². The number of ether oxygens (including phenoxy) is 1. The molecule has 0 aliphatic heterocycles. The molecule has 0 aliphatic carbocycles. The number of esters is 1. The third kappa shape index (κ3) is 3.37. The van der Waals surface area contributed by atoms with Crippen LogP contribution < -0.4 is 0 Å². The van der Waals surface area contributed by atoms with Gasteiger partial charge in [0.25, 0.3) is 0 Å². The fourth-order valence-corrected chi connectivity index (χ4v) is 2.23. The van der Waals surface area contributed by atoms with E-state index in [0.29, 0.717) is 22.2 Å². The Morgan fingerprint density at radius 2 is 2.20 bits per heavy atom. The lowest BCUT2D eigenvalue weighted by Gasteiger charge is -2.10. The molecule has 82 valence electrons. The van der Waals surface area contributed by atoms with E-state index in [9.17, 15) is 4.79 Å². The molecule has 0 saturated heterocycles. The van der Waals surface area contributed by atoms with Crippen LogP contribution in [0.15, 0.2) is 18.2 Å². The van der Waals surface area contributed by atoms with E-state index in [4.69, 9.17) is 27.9 Å². The number of carbonyl (C=O) groups excluding carboxylic acids is 1. The van der Waals surface area contributed by atoms with Gasteiger partial charge in [-0.1, -0.05) is 45.2 Å². The zero-order valence-electron chi connectivity index (χ0n) is 7.97. The first-order valence-corrected chi connectivity index (χ1v) is 5.99. The zero-order valence-corrected chi connectivity index (χ0v) is 11.1. The average Bonchev–Trinajstić information content (AvgIpc) is 2.17. The van der Waals surface area contributed by atoms with Gasteiger partial charge >= 0.3 is 5.97 Å². The SMILES string of the molecule is CCOC(=O)[C@@H](Br)c1ccc(Cl)cc1Cl. The van der Waals surface area contributed by atoms with Crippen molar-refractivity contribution in [1.82, 2.24) is 0 Å². The minimum atomic E-state index is -0.554. The highest BCUT2D eigenvalue weighted by molar-refractivity contribution is 9.09. The Morgan fingerprint density at radius 1 is 1.53 bits per heavy atom. The molecule has 5 heteroatoms. The van der Waals surface area contributed by atoms with Crippen molar-refractivity contribution in [3.63, 3.8) is 0 Å². The first-order valence-electron chi connectivity index (χ1n) is 4.32. The second-order valence-corrected chi connectivity index (χ2v) is 4.54. The maximum absolute atomic E-state index is 11.4. The van der Waals surface area contributed by atoms with E-state index in [1.165, 1.54) is 0 Å². The summed E-state index contributed by atoms with van der Waals surface area (Å²) in [5.41, 5.74) is 0.652. The maximum atomic E-state index is 11.4. The van der Waals surface area contributed by atoms with Crippen LogP contribution in [0.2, 0.25) is 10.0 Å². The summed E-state index contributed by atoms with van der Waals surface area (Å²) in [6, 6.07) is 4.96. The molecule has 0 spiro atoms. The molecule has 0 heterocycles. The van der Waals surface area contributed by atoms with E-state index in [0.717, 1.165) is 0 Å². The molecule has 1 aromatic rings. The fraction of sp³-hybridized carbons (Fsp3) is 0.300. The van der Waals surface area contributed by atoms with E-state index in [1.54, 1.807) is 25.1 Å². The number of halogens is 3. The van der Waals surface area contributed by atoms with Gasteiger partial charge in [-0.3, -0.25) is 4.79 Å². The highest BCUT2D eigenvalue weighted by Crippen LogP contribution is 2.32. The Labute approximate surface area is 107 Å². The van der Waals surface area contributed by atoms with Crippen molar-refractivity contribution in [2.24, 2.45) is 0 Å². The van der Waals surface area contributed by atoms with Crippen molar-refractivity contribution in [2.45, 2.75) is 11.8 Å². The molecule has 0 saturated carbocycles. The van der Waals surface area contributed by atoms with Crippen molar-refractivity contribution < 1.29 is 9.53 Å². The number of carbonyl (C=O) groups is 1. The van der Waals surface area contributed by atoms with E-state index in [1.807, 2.05) is 0 Å². The van der Waals surface area contributed by atoms with Gasteiger partial charge in [-0.05, 0) is 24.6 Å². The van der Waals surface area contributed by atoms with Gasteiger partial charge in [-0.25, -0.2) is 0 Å². The van der Waals surface area contributed by atoms with Crippen LogP contribution in [0.1, 0.15) is 17.3 Å². The van der Waals surface area contributed by atoms with Crippen LogP contribution in [0.25, 0.3) is 0 Å². The van der Waals surface area contributed by atoms with E-state index in [2.05, 4.69) is 15.9 Å². The number of alkyl halides is 1. The van der Waals surface area contributed by atoms with E-state index < -0.39 is 4.83 Å². The number of hydrogen-bond acceptors (Lipinski definition) is 2. The molecule has 0 bridgehead atoms. The first-order chi connectivity index (χ1) is 7.06. The van der Waals surface area contributed by atoms with Gasteiger partial charge in [0, 0.05) is 10.0 Å². The van der Waals surface area contributed by atoms with Gasteiger partial charge in [-0.2, -0.15) is 0 Å². The minimum Gasteiger partial charge on any atom is -0.465 e. The third-order valence-corrected chi connectivity index (χ3v) is 3.16. The van der Waals surface area contributed by atoms with Crippen LogP contribution in [0.4, 0.5) is 0 Å². The maximum Gasteiger partial charge on any atom is 0.324 e. The largest absolute Gasteiger partial charge is 0.465 e. The topological polar surface area (TPSA) is 26.3 Å². The molecule has 1 rings (SSSR count). The quantitative estimate of drug-likeness (QED) is 0.623. The van der Waals surface area contributed by atoms with Gasteiger partial charge < -0.3 is 4.74 Å². The van der Waals surface area contributed by atoms with Crippen molar-refractivity contribution in [2.75, 3.05) is 6.61 Å². The number of benzene rings is 1. The van der Waals surface area contributed by atoms with Crippen LogP contribution in [0, 0.1) is 0 Å². The van der Waals surface area contributed by atoms with Crippen LogP contribution in [-0.4, -0.2) is 12.6 Å². The lowest BCUT2D eigenvalue weighted by molar-refractivity contribution is -0.142. The highest BCUT2D eigenvalue weighted by Gasteiger charge is 2.20. The first kappa shape index (κ1) is 12.8. The minimum absolute atomic E-state index is 0.339. The summed E-state index contributed by atoms with van der Waals surface area (Å²) < 4.78 is 4.87. The smallest absolute Gasteiger partial charge is 0.324 e. The standard InChI is InChI=1S/C10H9BrCl2O2/c1-2-15-10(14)9(11)7-4-3-6(12)5-8(7)13/h3-5,9H,2H2,1H3/t9-/m0/s1. The fourth-order valence-electron chi connectivity index (χ4n) is 1.05. The normalized spacial score (nSPS) is 12.3. The summed E-state index contributed by atoms with van der Waals surface area (Å²) in [5.74, 6) is -0.360. The Hall–Kier alpha value is -0.250. The van der Waals surface area contributed by atoms with E-state index >= 15 is 0 Å². The lowest BCUT2D eigenvalue weighted by Crippen LogP contribution is -2.11. The molecular weight excluding hydrogens is 303 g/mol.